The van der Waals surface area contributed by atoms with Crippen LogP contribution in [0.1, 0.15) is 50.7 Å². The molecule has 0 saturated heterocycles. The Morgan fingerprint density at radius 3 is 0.913 bits per heavy atom. The summed E-state index contributed by atoms with van der Waals surface area (Å²) in [5, 5.41) is 18.7. The van der Waals surface area contributed by atoms with Crippen molar-refractivity contribution in [1.82, 2.24) is 32.0 Å². The van der Waals surface area contributed by atoms with E-state index in [1.165, 1.54) is 212 Å². The van der Waals surface area contributed by atoms with E-state index in [-0.39, 0.29) is 0 Å². The number of hydrogen-bond acceptors (Lipinski definition) is 1. The van der Waals surface area contributed by atoms with Gasteiger partial charge in [0.1, 0.15) is 11.2 Å². The molecule has 0 spiro atoms. The number of para-hydroxylation sites is 10. The summed E-state index contributed by atoms with van der Waals surface area (Å²) in [4.78, 5) is 0. The van der Waals surface area contributed by atoms with Crippen LogP contribution < -0.4 is 0 Å². The summed E-state index contributed by atoms with van der Waals surface area (Å²) in [6.07, 6.45) is 9.36. The Kier molecular flexibility index (Phi) is 18.0. The summed E-state index contributed by atoms with van der Waals surface area (Å²) >= 11 is 0. The zero-order chi connectivity index (χ0) is 83.5. The first-order chi connectivity index (χ1) is 62.4. The Hall–Kier alpha value is -15.9. The molecule has 8 aromatic heterocycles. The van der Waals surface area contributed by atoms with E-state index >= 15 is 0 Å². The van der Waals surface area contributed by atoms with Crippen molar-refractivity contribution >= 4 is 164 Å². The SMILES string of the molecule is CCCCc1ccc(-n2c3ccccc3c3cc4c(cc32)c2ccccc2n4-c2ccc(CCCC)cc2)cc1.c1ccc(-n2c3ccccc3c3cc4c(cc32)c2ccccc2n4-c2cccc(-c3ccc4oc5ccccc5c4c3)c2)cc1.c1ccc(-n2c3ccccc3c3cc4c(cc32)c2ccccc2n4-c2cccc(-n3ccc4ccccc43)c2)cc1. The minimum absolute atomic E-state index is 0.914. The lowest BCUT2D eigenvalue weighted by atomic mass is 10.0. The maximum absolute atomic E-state index is 6.11. The number of furan rings is 1. The molecular formula is C118H87N7O. The molecular weight excluding hydrogens is 1530 g/mol. The molecule has 0 saturated carbocycles. The van der Waals surface area contributed by atoms with Gasteiger partial charge < -0.3 is 36.4 Å². The number of aryl methyl sites for hydroxylation is 2. The van der Waals surface area contributed by atoms with Crippen LogP contribution in [0, 0.1) is 0 Å². The predicted octanol–water partition coefficient (Wildman–Crippen LogP) is 31.8. The molecule has 0 amide bonds. The molecule has 0 aliphatic rings. The van der Waals surface area contributed by atoms with E-state index in [1.54, 1.807) is 0 Å². The second-order valence-corrected chi connectivity index (χ2v) is 33.6. The van der Waals surface area contributed by atoms with Crippen LogP contribution >= 0.6 is 0 Å². The molecule has 126 heavy (non-hydrogen) atoms. The third-order valence-electron chi connectivity index (χ3n) is 26.2. The van der Waals surface area contributed by atoms with Crippen molar-refractivity contribution < 1.29 is 4.42 Å². The van der Waals surface area contributed by atoms with Gasteiger partial charge in [0.05, 0.1) is 71.7 Å². The highest BCUT2D eigenvalue weighted by Gasteiger charge is 2.24. The second-order valence-electron chi connectivity index (χ2n) is 33.6. The van der Waals surface area contributed by atoms with E-state index < -0.39 is 0 Å². The predicted molar refractivity (Wildman–Crippen MR) is 532 cm³/mol. The molecule has 26 rings (SSSR count). The van der Waals surface area contributed by atoms with Crippen LogP contribution in [-0.2, 0) is 12.8 Å². The molecule has 0 unspecified atom stereocenters. The highest BCUT2D eigenvalue weighted by Crippen LogP contribution is 2.46. The van der Waals surface area contributed by atoms with E-state index in [2.05, 4.69) is 452 Å². The molecule has 8 heterocycles. The Balaban J connectivity index is 0.000000106. The van der Waals surface area contributed by atoms with Gasteiger partial charge in [-0.2, -0.15) is 0 Å². The van der Waals surface area contributed by atoms with Crippen LogP contribution in [0.15, 0.2) is 423 Å². The number of rotatable bonds is 14. The Bertz CT molecular complexity index is 8590. The number of fused-ring (bicyclic) bond motifs is 22. The van der Waals surface area contributed by atoms with Gasteiger partial charge in [0, 0.05) is 121 Å². The summed E-state index contributed by atoms with van der Waals surface area (Å²) in [5.41, 5.74) is 31.2. The van der Waals surface area contributed by atoms with Crippen LogP contribution in [0.2, 0.25) is 0 Å². The van der Waals surface area contributed by atoms with Crippen LogP contribution in [0.4, 0.5) is 0 Å². The monoisotopic (exact) mass is 1620 g/mol. The molecule has 0 fully saturated rings. The first-order valence-electron chi connectivity index (χ1n) is 44.3. The second kappa shape index (κ2) is 30.6. The van der Waals surface area contributed by atoms with Gasteiger partial charge in [-0.05, 0) is 235 Å². The lowest BCUT2D eigenvalue weighted by Crippen LogP contribution is -1.97. The Morgan fingerprint density at radius 2 is 0.500 bits per heavy atom. The molecule has 600 valence electrons. The van der Waals surface area contributed by atoms with Gasteiger partial charge >= 0.3 is 0 Å². The van der Waals surface area contributed by atoms with Gasteiger partial charge in [-0.15, -0.1) is 0 Å². The third-order valence-corrected chi connectivity index (χ3v) is 26.2. The van der Waals surface area contributed by atoms with Crippen LogP contribution in [-0.4, -0.2) is 32.0 Å². The van der Waals surface area contributed by atoms with Crippen LogP contribution in [0.5, 0.6) is 0 Å². The molecule has 0 aliphatic heterocycles. The minimum atomic E-state index is 0.914. The molecule has 0 atom stereocenters. The fraction of sp³-hybridized carbons (Fsp3) is 0.0678. The first kappa shape index (κ1) is 74.0. The number of hydrogen-bond donors (Lipinski definition) is 0. The van der Waals surface area contributed by atoms with E-state index in [1.807, 2.05) is 12.1 Å². The van der Waals surface area contributed by atoms with Crippen molar-refractivity contribution in [2.45, 2.75) is 52.4 Å². The highest BCUT2D eigenvalue weighted by molar-refractivity contribution is 6.23. The third kappa shape index (κ3) is 12.3. The maximum atomic E-state index is 6.11. The molecule has 0 bridgehead atoms. The molecule has 0 N–H and O–H groups in total. The fourth-order valence-corrected chi connectivity index (χ4v) is 20.3. The summed E-state index contributed by atoms with van der Waals surface area (Å²) in [6, 6.07) is 150. The summed E-state index contributed by atoms with van der Waals surface area (Å²) in [6.45, 7) is 4.51. The molecule has 18 aromatic carbocycles. The van der Waals surface area contributed by atoms with Gasteiger partial charge in [-0.1, -0.05) is 257 Å². The van der Waals surface area contributed by atoms with Gasteiger partial charge in [-0.25, -0.2) is 0 Å². The van der Waals surface area contributed by atoms with Crippen molar-refractivity contribution in [3.63, 3.8) is 0 Å². The molecule has 8 nitrogen and oxygen atoms in total. The van der Waals surface area contributed by atoms with E-state index in [4.69, 9.17) is 4.42 Å². The average Bonchev–Trinajstić information content (AvgIpc) is 1.56. The lowest BCUT2D eigenvalue weighted by Gasteiger charge is -2.12. The first-order valence-corrected chi connectivity index (χ1v) is 44.3. The van der Waals surface area contributed by atoms with Gasteiger partial charge in [-0.3, -0.25) is 0 Å². The highest BCUT2D eigenvalue weighted by atomic mass is 16.3. The van der Waals surface area contributed by atoms with Gasteiger partial charge in [0.2, 0.25) is 0 Å². The topological polar surface area (TPSA) is 47.6 Å². The zero-order valence-corrected chi connectivity index (χ0v) is 70.1. The van der Waals surface area contributed by atoms with Crippen molar-refractivity contribution in [2.24, 2.45) is 0 Å². The number of aromatic nitrogens is 7. The molecule has 0 radical (unpaired) electrons. The van der Waals surface area contributed by atoms with Crippen molar-refractivity contribution in [3.8, 4) is 50.9 Å². The average molecular weight is 1620 g/mol. The number of nitrogens with zero attached hydrogens (tertiary/aromatic N) is 7. The van der Waals surface area contributed by atoms with Crippen molar-refractivity contribution in [1.29, 1.82) is 0 Å². The standard InChI is InChI=1S/C42H26N2O.C38H25N3.C38H36N2/c1-2-12-29(13-3-1)43-37-18-7-4-15-31(37)34-26-40-35(25-39(34)43)32-16-5-8-19-38(32)44(40)30-14-10-11-27(23-30)28-21-22-42-36(24-28)33-17-6-9-20-41(33)45-42;1-2-12-27(13-3-1)40-35-19-8-5-16-30(35)32-25-38-33(24-37(32)40)31-17-6-9-20-36(31)41(38)29-15-10-14-28(23-29)39-22-21-26-11-4-7-18-34(26)39;1-3-5-11-27-17-21-29(22-18-27)39-35-15-9-7-13-31(35)33-26-38-34(25-37(33)39)32-14-8-10-16-36(32)40(38)30-23-19-28(20-24-30)12-6-4-2/h1-26H;1-25H;7-10,13-26H,3-6,11-12H2,1-2H3. The fourth-order valence-electron chi connectivity index (χ4n) is 20.3. The van der Waals surface area contributed by atoms with E-state index in [9.17, 15) is 0 Å². The number of unbranched alkanes of at least 4 members (excludes halogenated alkanes) is 2. The van der Waals surface area contributed by atoms with Crippen LogP contribution in [0.3, 0.4) is 0 Å². The summed E-state index contributed by atoms with van der Waals surface area (Å²) < 4.78 is 22.9. The molecule has 8 heteroatoms. The van der Waals surface area contributed by atoms with Crippen LogP contribution in [0.25, 0.3) is 215 Å². The summed E-state index contributed by atoms with van der Waals surface area (Å²) in [7, 11) is 0. The normalized spacial score (nSPS) is 11.9. The van der Waals surface area contributed by atoms with Crippen molar-refractivity contribution in [3.05, 3.63) is 430 Å². The molecule has 26 aromatic rings. The van der Waals surface area contributed by atoms with Crippen molar-refractivity contribution in [2.75, 3.05) is 0 Å². The maximum Gasteiger partial charge on any atom is 0.135 e. The van der Waals surface area contributed by atoms with E-state index in [0.29, 0.717) is 0 Å². The Labute approximate surface area is 728 Å². The molecule has 0 aliphatic carbocycles. The quantitative estimate of drug-likeness (QED) is 0.107. The minimum Gasteiger partial charge on any atom is -0.456 e. The van der Waals surface area contributed by atoms with E-state index in [0.717, 1.165) is 51.8 Å². The Morgan fingerprint density at radius 1 is 0.190 bits per heavy atom. The summed E-state index contributed by atoms with van der Waals surface area (Å²) in [5.74, 6) is 0. The number of benzene rings is 18. The lowest BCUT2D eigenvalue weighted by molar-refractivity contribution is 0.669. The zero-order valence-electron chi connectivity index (χ0n) is 70.1. The largest absolute Gasteiger partial charge is 0.456 e. The van der Waals surface area contributed by atoms with Gasteiger partial charge in [0.15, 0.2) is 0 Å². The smallest absolute Gasteiger partial charge is 0.135 e. The van der Waals surface area contributed by atoms with Gasteiger partial charge in [0.25, 0.3) is 0 Å².